The molecule has 1 N–H and O–H groups in total. The Hall–Kier alpha value is -1.49. The van der Waals surface area contributed by atoms with E-state index in [1.165, 1.54) is 9.44 Å². The third-order valence-corrected chi connectivity index (χ3v) is 3.13. The van der Waals surface area contributed by atoms with Crippen LogP contribution in [0.1, 0.15) is 10.6 Å². The maximum Gasteiger partial charge on any atom is 0.422 e. The Balaban J connectivity index is 2.15. The van der Waals surface area contributed by atoms with Gasteiger partial charge in [0.05, 0.1) is 0 Å². The lowest BCUT2D eigenvalue weighted by molar-refractivity contribution is 0.410. The second-order valence-corrected chi connectivity index (χ2v) is 4.26. The van der Waals surface area contributed by atoms with Crippen molar-refractivity contribution in [1.82, 2.24) is 4.57 Å². The molecule has 0 saturated carbocycles. The van der Waals surface area contributed by atoms with Crippen molar-refractivity contribution in [3.8, 4) is 5.88 Å². The first kappa shape index (κ1) is 10.0. The van der Waals surface area contributed by atoms with Gasteiger partial charge in [-0.2, -0.15) is 0 Å². The number of nitrogens with zero attached hydrogens (tertiary/aromatic N) is 1. The molecule has 15 heavy (non-hydrogen) atoms. The maximum atomic E-state index is 11.3. The zero-order valence-electron chi connectivity index (χ0n) is 8.27. The van der Waals surface area contributed by atoms with Crippen molar-refractivity contribution in [2.45, 2.75) is 19.9 Å². The molecular formula is C10H11NO3S. The highest BCUT2D eigenvalue weighted by Crippen LogP contribution is 2.15. The second kappa shape index (κ2) is 3.94. The van der Waals surface area contributed by atoms with Crippen LogP contribution in [-0.2, 0) is 13.0 Å². The summed E-state index contributed by atoms with van der Waals surface area (Å²) in [5.74, 6) is -0.302. The van der Waals surface area contributed by atoms with Gasteiger partial charge in [0.15, 0.2) is 5.76 Å². The largest absolute Gasteiger partial charge is 0.492 e. The topological polar surface area (TPSA) is 55.4 Å². The Morgan fingerprint density at radius 2 is 2.40 bits per heavy atom. The van der Waals surface area contributed by atoms with Crippen molar-refractivity contribution in [1.29, 1.82) is 0 Å². The highest BCUT2D eigenvalue weighted by atomic mass is 32.1. The van der Waals surface area contributed by atoms with E-state index in [9.17, 15) is 9.90 Å². The lowest BCUT2D eigenvalue weighted by Gasteiger charge is -1.99. The number of oxazole rings is 1. The molecule has 0 fully saturated rings. The lowest BCUT2D eigenvalue weighted by atomic mass is 10.3. The van der Waals surface area contributed by atoms with E-state index in [-0.39, 0.29) is 11.6 Å². The first-order valence-electron chi connectivity index (χ1n) is 4.60. The van der Waals surface area contributed by atoms with Crippen molar-refractivity contribution >= 4 is 11.3 Å². The molecule has 2 aromatic rings. The number of aromatic hydroxyl groups is 1. The Bertz CT molecular complexity index is 495. The predicted molar refractivity (Wildman–Crippen MR) is 57.4 cm³/mol. The molecule has 0 aliphatic rings. The van der Waals surface area contributed by atoms with E-state index in [4.69, 9.17) is 4.42 Å². The van der Waals surface area contributed by atoms with Gasteiger partial charge in [-0.25, -0.2) is 9.36 Å². The molecule has 2 rings (SSSR count). The fraction of sp³-hybridized carbons (Fsp3) is 0.300. The molecule has 0 unspecified atom stereocenters. The van der Waals surface area contributed by atoms with Crippen molar-refractivity contribution in [3.63, 3.8) is 0 Å². The Kier molecular flexibility index (Phi) is 2.64. The number of hydrogen-bond donors (Lipinski definition) is 1. The smallest absolute Gasteiger partial charge is 0.422 e. The third-order valence-electron chi connectivity index (χ3n) is 2.19. The molecule has 0 saturated heterocycles. The fourth-order valence-corrected chi connectivity index (χ4v) is 2.08. The first-order chi connectivity index (χ1) is 7.18. The minimum Gasteiger partial charge on any atom is -0.492 e. The normalized spacial score (nSPS) is 10.7. The monoisotopic (exact) mass is 225 g/mol. The standard InChI is InChI=1S/C10H11NO3S/c1-7-9(12)11(10(13)14-7)5-4-8-3-2-6-15-8/h2-3,6,12H,4-5H2,1H3. The molecule has 4 nitrogen and oxygen atoms in total. The summed E-state index contributed by atoms with van der Waals surface area (Å²) in [7, 11) is 0. The van der Waals surface area contributed by atoms with Crippen LogP contribution < -0.4 is 5.76 Å². The summed E-state index contributed by atoms with van der Waals surface area (Å²) in [6, 6.07) is 3.96. The van der Waals surface area contributed by atoms with E-state index >= 15 is 0 Å². The van der Waals surface area contributed by atoms with E-state index in [0.29, 0.717) is 6.54 Å². The van der Waals surface area contributed by atoms with Gasteiger partial charge in [0.25, 0.3) is 0 Å². The predicted octanol–water partition coefficient (Wildman–Crippen LogP) is 1.76. The molecule has 0 radical (unpaired) electrons. The maximum absolute atomic E-state index is 11.3. The van der Waals surface area contributed by atoms with Gasteiger partial charge in [-0.3, -0.25) is 0 Å². The molecule has 2 aromatic heterocycles. The molecule has 2 heterocycles. The van der Waals surface area contributed by atoms with Crippen molar-refractivity contribution in [3.05, 3.63) is 38.7 Å². The highest BCUT2D eigenvalue weighted by Gasteiger charge is 2.11. The Morgan fingerprint density at radius 1 is 1.60 bits per heavy atom. The molecular weight excluding hydrogens is 214 g/mol. The Labute approximate surface area is 90.4 Å². The van der Waals surface area contributed by atoms with Crippen LogP contribution in [0.15, 0.2) is 26.7 Å². The quantitative estimate of drug-likeness (QED) is 0.866. The van der Waals surface area contributed by atoms with Gasteiger partial charge in [-0.05, 0) is 18.4 Å². The molecule has 0 spiro atoms. The zero-order chi connectivity index (χ0) is 10.8. The minimum absolute atomic E-state index is 0.0726. The van der Waals surface area contributed by atoms with Gasteiger partial charge in [-0.1, -0.05) is 6.07 Å². The fourth-order valence-electron chi connectivity index (χ4n) is 1.38. The lowest BCUT2D eigenvalue weighted by Crippen LogP contribution is -2.14. The number of thiophene rings is 1. The summed E-state index contributed by atoms with van der Waals surface area (Å²) in [4.78, 5) is 12.4. The van der Waals surface area contributed by atoms with Crippen LogP contribution in [0.4, 0.5) is 0 Å². The van der Waals surface area contributed by atoms with Crippen LogP contribution in [0.25, 0.3) is 0 Å². The summed E-state index contributed by atoms with van der Waals surface area (Å²) in [5.41, 5.74) is 0. The van der Waals surface area contributed by atoms with E-state index in [2.05, 4.69) is 0 Å². The molecule has 0 aliphatic carbocycles. The molecule has 0 aromatic carbocycles. The van der Waals surface area contributed by atoms with Crippen LogP contribution in [0, 0.1) is 6.92 Å². The number of hydrogen-bond acceptors (Lipinski definition) is 4. The average molecular weight is 225 g/mol. The average Bonchev–Trinajstić information content (AvgIpc) is 2.76. The summed E-state index contributed by atoms with van der Waals surface area (Å²) in [6.45, 7) is 2.01. The molecule has 80 valence electrons. The minimum atomic E-state index is -0.499. The molecule has 0 aliphatic heterocycles. The summed E-state index contributed by atoms with van der Waals surface area (Å²) < 4.78 is 6.02. The molecule has 0 bridgehead atoms. The van der Waals surface area contributed by atoms with Crippen molar-refractivity contribution < 1.29 is 9.52 Å². The summed E-state index contributed by atoms with van der Waals surface area (Å²) in [6.07, 6.45) is 0.726. The molecule has 5 heteroatoms. The van der Waals surface area contributed by atoms with Gasteiger partial charge in [0.1, 0.15) is 0 Å². The van der Waals surface area contributed by atoms with Crippen molar-refractivity contribution in [2.75, 3.05) is 0 Å². The van der Waals surface area contributed by atoms with Crippen LogP contribution in [0.5, 0.6) is 5.88 Å². The molecule has 0 amide bonds. The first-order valence-corrected chi connectivity index (χ1v) is 5.48. The summed E-state index contributed by atoms with van der Waals surface area (Å²) in [5, 5.41) is 11.5. The number of aromatic nitrogens is 1. The van der Waals surface area contributed by atoms with Crippen molar-refractivity contribution in [2.24, 2.45) is 0 Å². The van der Waals surface area contributed by atoms with Crippen LogP contribution in [-0.4, -0.2) is 9.67 Å². The van der Waals surface area contributed by atoms with E-state index in [0.717, 1.165) is 6.42 Å². The van der Waals surface area contributed by atoms with Crippen LogP contribution in [0.2, 0.25) is 0 Å². The number of rotatable bonds is 3. The zero-order valence-corrected chi connectivity index (χ0v) is 9.08. The second-order valence-electron chi connectivity index (χ2n) is 3.23. The third kappa shape index (κ3) is 1.97. The SMILES string of the molecule is Cc1oc(=O)n(CCc2cccs2)c1O. The van der Waals surface area contributed by atoms with Gasteiger partial charge >= 0.3 is 5.76 Å². The van der Waals surface area contributed by atoms with Gasteiger partial charge < -0.3 is 9.52 Å². The van der Waals surface area contributed by atoms with Gasteiger partial charge in [0.2, 0.25) is 5.88 Å². The summed E-state index contributed by atoms with van der Waals surface area (Å²) >= 11 is 1.63. The van der Waals surface area contributed by atoms with Gasteiger partial charge in [-0.15, -0.1) is 11.3 Å². The van der Waals surface area contributed by atoms with E-state index in [1.807, 2.05) is 17.5 Å². The van der Waals surface area contributed by atoms with Crippen LogP contribution >= 0.6 is 11.3 Å². The number of aryl methyl sites for hydroxylation is 2. The van der Waals surface area contributed by atoms with Crippen LogP contribution in [0.3, 0.4) is 0 Å². The van der Waals surface area contributed by atoms with Gasteiger partial charge in [0, 0.05) is 17.8 Å². The van der Waals surface area contributed by atoms with E-state index < -0.39 is 5.76 Å². The highest BCUT2D eigenvalue weighted by molar-refractivity contribution is 7.09. The van der Waals surface area contributed by atoms with E-state index in [1.54, 1.807) is 18.3 Å². The molecule has 0 atom stereocenters. The Morgan fingerprint density at radius 3 is 2.93 bits per heavy atom.